The molecule has 2 unspecified atom stereocenters. The van der Waals surface area contributed by atoms with Crippen molar-refractivity contribution in [2.75, 3.05) is 6.54 Å². The molecule has 0 spiro atoms. The third kappa shape index (κ3) is 3.43. The van der Waals surface area contributed by atoms with Crippen molar-refractivity contribution >= 4 is 0 Å². The van der Waals surface area contributed by atoms with E-state index in [9.17, 15) is 0 Å². The highest BCUT2D eigenvalue weighted by Crippen LogP contribution is 2.46. The SMILES string of the molecule is CCCNC(c1cnn(CC)c1)C1CCCCC1(C)C. The van der Waals surface area contributed by atoms with Crippen LogP contribution in [0.3, 0.4) is 0 Å². The molecule has 0 aliphatic heterocycles. The molecule has 20 heavy (non-hydrogen) atoms. The molecular weight excluding hydrogens is 246 g/mol. The van der Waals surface area contributed by atoms with E-state index in [1.54, 1.807) is 0 Å². The van der Waals surface area contributed by atoms with E-state index in [2.05, 4.69) is 50.5 Å². The van der Waals surface area contributed by atoms with Gasteiger partial charge in [-0.25, -0.2) is 0 Å². The molecule has 2 rings (SSSR count). The topological polar surface area (TPSA) is 29.9 Å². The molecular formula is C17H31N3. The Balaban J connectivity index is 2.21. The largest absolute Gasteiger partial charge is 0.310 e. The lowest BCUT2D eigenvalue weighted by Gasteiger charge is -2.43. The van der Waals surface area contributed by atoms with E-state index in [-0.39, 0.29) is 0 Å². The van der Waals surface area contributed by atoms with Crippen molar-refractivity contribution in [3.63, 3.8) is 0 Å². The number of aryl methyl sites for hydroxylation is 1. The Morgan fingerprint density at radius 2 is 2.20 bits per heavy atom. The first-order chi connectivity index (χ1) is 9.58. The summed E-state index contributed by atoms with van der Waals surface area (Å²) in [6.07, 6.45) is 10.9. The summed E-state index contributed by atoms with van der Waals surface area (Å²) < 4.78 is 2.05. The summed E-state index contributed by atoms with van der Waals surface area (Å²) in [6.45, 7) is 11.3. The zero-order chi connectivity index (χ0) is 14.6. The molecule has 1 saturated carbocycles. The van der Waals surface area contributed by atoms with E-state index in [1.165, 1.54) is 37.7 Å². The Labute approximate surface area is 124 Å². The van der Waals surface area contributed by atoms with Crippen molar-refractivity contribution in [3.8, 4) is 0 Å². The number of hydrogen-bond donors (Lipinski definition) is 1. The zero-order valence-corrected chi connectivity index (χ0v) is 13.7. The summed E-state index contributed by atoms with van der Waals surface area (Å²) in [5, 5.41) is 8.28. The highest BCUT2D eigenvalue weighted by Gasteiger charge is 2.38. The first-order valence-corrected chi connectivity index (χ1v) is 8.34. The van der Waals surface area contributed by atoms with Crippen molar-refractivity contribution in [1.82, 2.24) is 15.1 Å². The summed E-state index contributed by atoms with van der Waals surface area (Å²) in [5.41, 5.74) is 1.80. The van der Waals surface area contributed by atoms with Crippen LogP contribution in [0.25, 0.3) is 0 Å². The van der Waals surface area contributed by atoms with Gasteiger partial charge in [0.15, 0.2) is 0 Å². The molecule has 1 fully saturated rings. The quantitative estimate of drug-likeness (QED) is 0.846. The Kier molecular flexibility index (Phi) is 5.25. The van der Waals surface area contributed by atoms with Crippen LogP contribution in [0.2, 0.25) is 0 Å². The number of nitrogens with one attached hydrogen (secondary N) is 1. The van der Waals surface area contributed by atoms with Gasteiger partial charge in [0.25, 0.3) is 0 Å². The normalized spacial score (nSPS) is 23.7. The first-order valence-electron chi connectivity index (χ1n) is 8.34. The standard InChI is InChI=1S/C17H31N3/c1-5-11-18-16(14-12-19-20(6-2)13-14)15-9-7-8-10-17(15,3)4/h12-13,15-16,18H,5-11H2,1-4H3. The molecule has 1 aliphatic rings. The van der Waals surface area contributed by atoms with Gasteiger partial charge in [0.1, 0.15) is 0 Å². The third-order valence-electron chi connectivity index (χ3n) is 4.94. The molecule has 1 aromatic rings. The maximum absolute atomic E-state index is 4.48. The fourth-order valence-electron chi connectivity index (χ4n) is 3.64. The predicted octanol–water partition coefficient (Wildman–Crippen LogP) is 4.16. The van der Waals surface area contributed by atoms with Crippen LogP contribution in [0.1, 0.15) is 71.4 Å². The van der Waals surface area contributed by atoms with E-state index in [0.717, 1.165) is 19.0 Å². The van der Waals surface area contributed by atoms with Gasteiger partial charge in [0.2, 0.25) is 0 Å². The lowest BCUT2D eigenvalue weighted by Crippen LogP contribution is -2.39. The molecule has 0 aromatic carbocycles. The third-order valence-corrected chi connectivity index (χ3v) is 4.94. The average molecular weight is 277 g/mol. The summed E-state index contributed by atoms with van der Waals surface area (Å²) >= 11 is 0. The van der Waals surface area contributed by atoms with E-state index in [1.807, 2.05) is 4.68 Å². The summed E-state index contributed by atoms with van der Waals surface area (Å²) in [7, 11) is 0. The number of nitrogens with zero attached hydrogens (tertiary/aromatic N) is 2. The molecule has 1 N–H and O–H groups in total. The first kappa shape index (κ1) is 15.6. The smallest absolute Gasteiger partial charge is 0.0537 e. The molecule has 0 amide bonds. The summed E-state index contributed by atoms with van der Waals surface area (Å²) in [6, 6.07) is 0.463. The van der Waals surface area contributed by atoms with E-state index >= 15 is 0 Å². The van der Waals surface area contributed by atoms with Crippen LogP contribution in [-0.2, 0) is 6.54 Å². The minimum Gasteiger partial charge on any atom is -0.310 e. The predicted molar refractivity (Wildman–Crippen MR) is 84.7 cm³/mol. The van der Waals surface area contributed by atoms with Crippen LogP contribution in [0.5, 0.6) is 0 Å². The minimum atomic E-state index is 0.429. The van der Waals surface area contributed by atoms with Crippen molar-refractivity contribution in [2.24, 2.45) is 11.3 Å². The van der Waals surface area contributed by atoms with Crippen LogP contribution in [-0.4, -0.2) is 16.3 Å². The van der Waals surface area contributed by atoms with Crippen LogP contribution < -0.4 is 5.32 Å². The van der Waals surface area contributed by atoms with Crippen LogP contribution >= 0.6 is 0 Å². The van der Waals surface area contributed by atoms with Gasteiger partial charge in [-0.3, -0.25) is 4.68 Å². The lowest BCUT2D eigenvalue weighted by atomic mass is 9.65. The van der Waals surface area contributed by atoms with E-state index in [0.29, 0.717) is 11.5 Å². The fraction of sp³-hybridized carbons (Fsp3) is 0.824. The second-order valence-corrected chi connectivity index (χ2v) is 6.90. The molecule has 1 aliphatic carbocycles. The Bertz CT molecular complexity index is 408. The number of aromatic nitrogens is 2. The molecule has 1 aromatic heterocycles. The maximum atomic E-state index is 4.48. The number of rotatable bonds is 6. The average Bonchev–Trinajstić information content (AvgIpc) is 2.89. The molecule has 0 saturated heterocycles. The van der Waals surface area contributed by atoms with Gasteiger partial charge in [0, 0.05) is 24.3 Å². The minimum absolute atomic E-state index is 0.429. The van der Waals surface area contributed by atoms with Crippen LogP contribution in [0.4, 0.5) is 0 Å². The van der Waals surface area contributed by atoms with Gasteiger partial charge in [-0.1, -0.05) is 33.6 Å². The van der Waals surface area contributed by atoms with Crippen molar-refractivity contribution < 1.29 is 0 Å². The molecule has 0 bridgehead atoms. The summed E-state index contributed by atoms with van der Waals surface area (Å²) in [5.74, 6) is 0.720. The molecule has 3 heteroatoms. The van der Waals surface area contributed by atoms with Crippen molar-refractivity contribution in [3.05, 3.63) is 18.0 Å². The van der Waals surface area contributed by atoms with Gasteiger partial charge in [-0.15, -0.1) is 0 Å². The van der Waals surface area contributed by atoms with Gasteiger partial charge in [-0.05, 0) is 44.1 Å². The van der Waals surface area contributed by atoms with E-state index in [4.69, 9.17) is 0 Å². The second kappa shape index (κ2) is 6.75. The van der Waals surface area contributed by atoms with Crippen LogP contribution in [0.15, 0.2) is 12.4 Å². The molecule has 1 heterocycles. The Morgan fingerprint density at radius 1 is 1.40 bits per heavy atom. The number of hydrogen-bond acceptors (Lipinski definition) is 2. The highest BCUT2D eigenvalue weighted by molar-refractivity contribution is 5.14. The fourth-order valence-corrected chi connectivity index (χ4v) is 3.64. The van der Waals surface area contributed by atoms with Gasteiger partial charge in [-0.2, -0.15) is 5.10 Å². The maximum Gasteiger partial charge on any atom is 0.0537 e. The zero-order valence-electron chi connectivity index (χ0n) is 13.7. The van der Waals surface area contributed by atoms with Gasteiger partial charge >= 0.3 is 0 Å². The molecule has 114 valence electrons. The highest BCUT2D eigenvalue weighted by atomic mass is 15.3. The van der Waals surface area contributed by atoms with Gasteiger partial charge < -0.3 is 5.32 Å². The second-order valence-electron chi connectivity index (χ2n) is 6.90. The molecule has 0 radical (unpaired) electrons. The summed E-state index contributed by atoms with van der Waals surface area (Å²) in [4.78, 5) is 0. The van der Waals surface area contributed by atoms with Crippen molar-refractivity contribution in [1.29, 1.82) is 0 Å². The van der Waals surface area contributed by atoms with E-state index < -0.39 is 0 Å². The van der Waals surface area contributed by atoms with Crippen LogP contribution in [0, 0.1) is 11.3 Å². The Hall–Kier alpha value is -0.830. The molecule has 3 nitrogen and oxygen atoms in total. The van der Waals surface area contributed by atoms with Crippen molar-refractivity contribution in [2.45, 2.75) is 72.4 Å². The lowest BCUT2D eigenvalue weighted by molar-refractivity contribution is 0.0981. The Morgan fingerprint density at radius 3 is 2.80 bits per heavy atom. The van der Waals surface area contributed by atoms with Gasteiger partial charge in [0.05, 0.1) is 6.20 Å². The monoisotopic (exact) mass is 277 g/mol. The molecule has 2 atom stereocenters.